The van der Waals surface area contributed by atoms with Gasteiger partial charge in [-0.05, 0) is 42.0 Å². The highest BCUT2D eigenvalue weighted by atomic mass is 79.9. The van der Waals surface area contributed by atoms with Crippen LogP contribution >= 0.6 is 39.1 Å². The Hall–Kier alpha value is -0.700. The highest BCUT2D eigenvalue weighted by Gasteiger charge is 2.25. The van der Waals surface area contributed by atoms with Crippen molar-refractivity contribution in [3.8, 4) is 0 Å². The molecule has 1 N–H and O–H groups in total. The summed E-state index contributed by atoms with van der Waals surface area (Å²) in [5.74, 6) is 0.740. The first kappa shape index (κ1) is 14.2. The van der Waals surface area contributed by atoms with E-state index in [2.05, 4.69) is 45.5 Å². The van der Waals surface area contributed by atoms with E-state index in [0.29, 0.717) is 10.0 Å². The smallest absolute Gasteiger partial charge is 0.0722 e. The van der Waals surface area contributed by atoms with Crippen molar-refractivity contribution in [2.45, 2.75) is 25.3 Å². The Bertz CT molecular complexity index is 615. The maximum absolute atomic E-state index is 6.24. The van der Waals surface area contributed by atoms with Gasteiger partial charge < -0.3 is 5.32 Å². The number of anilines is 1. The van der Waals surface area contributed by atoms with E-state index in [1.54, 1.807) is 0 Å². The molecule has 20 heavy (non-hydrogen) atoms. The predicted octanol–water partition coefficient (Wildman–Crippen LogP) is 6.25. The molecular formula is C16H14BrCl2N. The zero-order valence-electron chi connectivity index (χ0n) is 10.8. The van der Waals surface area contributed by atoms with Gasteiger partial charge in [-0.25, -0.2) is 0 Å². The summed E-state index contributed by atoms with van der Waals surface area (Å²) < 4.78 is 0.886. The highest BCUT2D eigenvalue weighted by Crippen LogP contribution is 2.42. The zero-order chi connectivity index (χ0) is 14.1. The molecule has 0 atom stereocenters. The lowest BCUT2D eigenvalue weighted by atomic mass is 10.0. The Labute approximate surface area is 137 Å². The molecule has 0 heterocycles. The van der Waals surface area contributed by atoms with E-state index >= 15 is 0 Å². The molecule has 2 aromatic carbocycles. The summed E-state index contributed by atoms with van der Waals surface area (Å²) in [4.78, 5) is 0. The Morgan fingerprint density at radius 1 is 1.10 bits per heavy atom. The van der Waals surface area contributed by atoms with Crippen molar-refractivity contribution in [2.24, 2.45) is 0 Å². The SMILES string of the molecule is Clc1cc(Br)cc(Cl)c1NCc1ccccc1C1CC1. The second-order valence-corrected chi connectivity index (χ2v) is 6.80. The molecular weight excluding hydrogens is 357 g/mol. The van der Waals surface area contributed by atoms with Crippen LogP contribution in [-0.2, 0) is 6.54 Å². The normalized spacial score (nSPS) is 14.3. The Balaban J connectivity index is 1.80. The topological polar surface area (TPSA) is 12.0 Å². The van der Waals surface area contributed by atoms with Crippen molar-refractivity contribution in [3.05, 3.63) is 62.0 Å². The summed E-state index contributed by atoms with van der Waals surface area (Å²) in [6.45, 7) is 0.744. The van der Waals surface area contributed by atoms with Gasteiger partial charge in [0.1, 0.15) is 0 Å². The molecule has 1 fully saturated rings. The van der Waals surface area contributed by atoms with Gasteiger partial charge in [0.05, 0.1) is 15.7 Å². The fraction of sp³-hybridized carbons (Fsp3) is 0.250. The minimum Gasteiger partial charge on any atom is -0.379 e. The van der Waals surface area contributed by atoms with Crippen LogP contribution in [0, 0.1) is 0 Å². The zero-order valence-corrected chi connectivity index (χ0v) is 13.9. The molecule has 0 radical (unpaired) electrons. The van der Waals surface area contributed by atoms with Crippen molar-refractivity contribution < 1.29 is 0 Å². The molecule has 4 heteroatoms. The molecule has 1 aliphatic carbocycles. The summed E-state index contributed by atoms with van der Waals surface area (Å²) in [5.41, 5.74) is 3.57. The third kappa shape index (κ3) is 3.13. The molecule has 3 rings (SSSR count). The molecule has 1 nitrogen and oxygen atoms in total. The van der Waals surface area contributed by atoms with Gasteiger partial charge >= 0.3 is 0 Å². The summed E-state index contributed by atoms with van der Waals surface area (Å²) >= 11 is 15.9. The van der Waals surface area contributed by atoms with E-state index in [1.165, 1.54) is 24.0 Å². The number of hydrogen-bond acceptors (Lipinski definition) is 1. The number of rotatable bonds is 4. The molecule has 0 saturated heterocycles. The van der Waals surface area contributed by atoms with Crippen LogP contribution in [0.4, 0.5) is 5.69 Å². The van der Waals surface area contributed by atoms with Crippen LogP contribution in [0.1, 0.15) is 29.9 Å². The maximum Gasteiger partial charge on any atom is 0.0722 e. The van der Waals surface area contributed by atoms with Crippen LogP contribution in [0.2, 0.25) is 10.0 Å². The molecule has 2 aromatic rings. The Kier molecular flexibility index (Phi) is 4.25. The molecule has 0 bridgehead atoms. The first-order chi connectivity index (χ1) is 9.65. The third-order valence-electron chi connectivity index (χ3n) is 3.53. The molecule has 0 unspecified atom stereocenters. The molecule has 104 valence electrons. The molecule has 1 saturated carbocycles. The molecule has 0 amide bonds. The van der Waals surface area contributed by atoms with Gasteiger partial charge in [-0.2, -0.15) is 0 Å². The molecule has 0 aliphatic heterocycles. The van der Waals surface area contributed by atoms with Crippen LogP contribution in [0.25, 0.3) is 0 Å². The average molecular weight is 371 g/mol. The minimum absolute atomic E-state index is 0.633. The van der Waals surface area contributed by atoms with Crippen LogP contribution in [0.15, 0.2) is 40.9 Å². The second-order valence-electron chi connectivity index (χ2n) is 5.07. The summed E-state index contributed by atoms with van der Waals surface area (Å²) in [7, 11) is 0. The standard InChI is InChI=1S/C16H14BrCl2N/c17-12-7-14(18)16(15(19)8-12)20-9-11-3-1-2-4-13(11)10-5-6-10/h1-4,7-8,10,20H,5-6,9H2. The van der Waals surface area contributed by atoms with Gasteiger partial charge in [0, 0.05) is 11.0 Å². The van der Waals surface area contributed by atoms with Gasteiger partial charge in [0.15, 0.2) is 0 Å². The second kappa shape index (κ2) is 5.97. The van der Waals surface area contributed by atoms with E-state index in [4.69, 9.17) is 23.2 Å². The van der Waals surface area contributed by atoms with Crippen LogP contribution < -0.4 is 5.32 Å². The molecule has 0 aromatic heterocycles. The van der Waals surface area contributed by atoms with Crippen molar-refractivity contribution in [1.82, 2.24) is 0 Å². The number of halogens is 3. The van der Waals surface area contributed by atoms with Crippen molar-refractivity contribution in [3.63, 3.8) is 0 Å². The number of hydrogen-bond donors (Lipinski definition) is 1. The van der Waals surface area contributed by atoms with Crippen molar-refractivity contribution in [1.29, 1.82) is 0 Å². The first-order valence-corrected chi connectivity index (χ1v) is 8.16. The van der Waals surface area contributed by atoms with Gasteiger partial charge in [0.2, 0.25) is 0 Å². The lowest BCUT2D eigenvalue weighted by Gasteiger charge is -2.13. The van der Waals surface area contributed by atoms with Crippen LogP contribution in [0.5, 0.6) is 0 Å². The Morgan fingerprint density at radius 2 is 1.75 bits per heavy atom. The lowest BCUT2D eigenvalue weighted by Crippen LogP contribution is -2.03. The quantitative estimate of drug-likeness (QED) is 0.670. The fourth-order valence-corrected chi connectivity index (χ4v) is 3.72. The van der Waals surface area contributed by atoms with E-state index in [1.807, 2.05) is 12.1 Å². The van der Waals surface area contributed by atoms with Gasteiger partial charge in [-0.1, -0.05) is 63.4 Å². The highest BCUT2D eigenvalue weighted by molar-refractivity contribution is 9.10. The number of benzene rings is 2. The monoisotopic (exact) mass is 369 g/mol. The van der Waals surface area contributed by atoms with E-state index in [-0.39, 0.29) is 0 Å². The average Bonchev–Trinajstić information content (AvgIpc) is 3.22. The van der Waals surface area contributed by atoms with Crippen molar-refractivity contribution in [2.75, 3.05) is 5.32 Å². The van der Waals surface area contributed by atoms with E-state index in [0.717, 1.165) is 22.6 Å². The first-order valence-electron chi connectivity index (χ1n) is 6.61. The van der Waals surface area contributed by atoms with Gasteiger partial charge in [0.25, 0.3) is 0 Å². The summed E-state index contributed by atoms with van der Waals surface area (Å²) in [6.07, 6.45) is 2.60. The van der Waals surface area contributed by atoms with Gasteiger partial charge in [-0.15, -0.1) is 0 Å². The fourth-order valence-electron chi connectivity index (χ4n) is 2.38. The molecule has 0 spiro atoms. The van der Waals surface area contributed by atoms with Crippen molar-refractivity contribution >= 4 is 44.8 Å². The maximum atomic E-state index is 6.24. The minimum atomic E-state index is 0.633. The summed E-state index contributed by atoms with van der Waals surface area (Å²) in [5, 5.41) is 4.63. The van der Waals surface area contributed by atoms with E-state index in [9.17, 15) is 0 Å². The summed E-state index contributed by atoms with van der Waals surface area (Å²) in [6, 6.07) is 12.3. The third-order valence-corrected chi connectivity index (χ3v) is 4.59. The van der Waals surface area contributed by atoms with Crippen LogP contribution in [0.3, 0.4) is 0 Å². The van der Waals surface area contributed by atoms with Crippen LogP contribution in [-0.4, -0.2) is 0 Å². The predicted molar refractivity (Wildman–Crippen MR) is 89.9 cm³/mol. The van der Waals surface area contributed by atoms with Gasteiger partial charge in [-0.3, -0.25) is 0 Å². The number of nitrogens with one attached hydrogen (secondary N) is 1. The Morgan fingerprint density at radius 3 is 2.40 bits per heavy atom. The largest absolute Gasteiger partial charge is 0.379 e. The lowest BCUT2D eigenvalue weighted by molar-refractivity contribution is 1.04. The molecule has 1 aliphatic rings. The van der Waals surface area contributed by atoms with E-state index < -0.39 is 0 Å².